The zero-order chi connectivity index (χ0) is 22.8. The molecule has 168 valence electrons. The molecule has 2 aromatic carbocycles. The Bertz CT molecular complexity index is 1050. The van der Waals surface area contributed by atoms with E-state index < -0.39 is 15.4 Å². The number of carbonyl (C=O) groups is 1. The summed E-state index contributed by atoms with van der Waals surface area (Å²) in [4.78, 5) is 13.3. The first-order valence-corrected chi connectivity index (χ1v) is 12.0. The van der Waals surface area contributed by atoms with Crippen LogP contribution in [0.1, 0.15) is 42.0 Å². The van der Waals surface area contributed by atoms with E-state index in [0.717, 1.165) is 28.0 Å². The summed E-state index contributed by atoms with van der Waals surface area (Å²) in [5.41, 5.74) is 2.95. The molecule has 1 aliphatic rings. The summed E-state index contributed by atoms with van der Waals surface area (Å²) < 4.78 is 33.4. The van der Waals surface area contributed by atoms with E-state index in [1.165, 1.54) is 4.31 Å². The monoisotopic (exact) mass is 444 g/mol. The van der Waals surface area contributed by atoms with Crippen LogP contribution in [0.25, 0.3) is 0 Å². The maximum absolute atomic E-state index is 13.3. The van der Waals surface area contributed by atoms with Crippen LogP contribution in [-0.4, -0.2) is 38.8 Å². The highest BCUT2D eigenvalue weighted by atomic mass is 32.2. The molecule has 0 saturated carbocycles. The van der Waals surface area contributed by atoms with Crippen LogP contribution in [0.15, 0.2) is 41.3 Å². The quantitative estimate of drug-likeness (QED) is 0.737. The van der Waals surface area contributed by atoms with Crippen molar-refractivity contribution in [2.45, 2.75) is 52.0 Å². The second kappa shape index (κ2) is 9.01. The second-order valence-corrected chi connectivity index (χ2v) is 10.6. The number of piperidine rings is 1. The van der Waals surface area contributed by atoms with Gasteiger partial charge in [-0.25, -0.2) is 8.42 Å². The van der Waals surface area contributed by atoms with Gasteiger partial charge in [0.05, 0.1) is 12.0 Å². The molecule has 2 aromatic rings. The van der Waals surface area contributed by atoms with Crippen LogP contribution in [0, 0.1) is 26.2 Å². The Kier molecular flexibility index (Phi) is 6.76. The third-order valence-corrected chi connectivity index (χ3v) is 8.37. The molecule has 6 nitrogen and oxygen atoms in total. The average molecular weight is 445 g/mol. The topological polar surface area (TPSA) is 75.7 Å². The van der Waals surface area contributed by atoms with E-state index in [2.05, 4.69) is 5.32 Å². The Morgan fingerprint density at radius 2 is 1.71 bits per heavy atom. The Labute approximate surface area is 185 Å². The third kappa shape index (κ3) is 4.93. The number of carbonyl (C=O) groups excluding carboxylic acids is 1. The fourth-order valence-corrected chi connectivity index (χ4v) is 6.18. The molecule has 0 atom stereocenters. The van der Waals surface area contributed by atoms with E-state index in [1.807, 2.05) is 64.1 Å². The minimum Gasteiger partial charge on any atom is -0.497 e. The summed E-state index contributed by atoms with van der Waals surface area (Å²) in [6.45, 7) is 8.64. The standard InChI is InChI=1S/C24H32N2O4S/c1-17-13-18(2)22(19(3)14-17)31(28,29)26-11-9-24(4,10-12-26)23(27)25-16-20-7-6-8-21(15-20)30-5/h6-8,13-15H,9-12,16H2,1-5H3,(H,25,27). The van der Waals surface area contributed by atoms with Crippen molar-refractivity contribution in [1.29, 1.82) is 0 Å². The smallest absolute Gasteiger partial charge is 0.243 e. The maximum Gasteiger partial charge on any atom is 0.243 e. The first kappa shape index (κ1) is 23.3. The van der Waals surface area contributed by atoms with Crippen molar-refractivity contribution in [1.82, 2.24) is 9.62 Å². The van der Waals surface area contributed by atoms with Gasteiger partial charge in [-0.2, -0.15) is 4.31 Å². The molecule has 1 aliphatic heterocycles. The van der Waals surface area contributed by atoms with Gasteiger partial charge in [0.25, 0.3) is 0 Å². The average Bonchev–Trinajstić information content (AvgIpc) is 2.71. The first-order chi connectivity index (χ1) is 14.6. The number of hydrogen-bond donors (Lipinski definition) is 1. The number of aryl methyl sites for hydroxylation is 3. The van der Waals surface area contributed by atoms with Gasteiger partial charge in [0.1, 0.15) is 5.75 Å². The number of rotatable bonds is 6. The molecule has 0 aromatic heterocycles. The molecular weight excluding hydrogens is 412 g/mol. The van der Waals surface area contributed by atoms with Crippen molar-refractivity contribution in [3.05, 3.63) is 58.7 Å². The number of ether oxygens (including phenoxy) is 1. The summed E-state index contributed by atoms with van der Waals surface area (Å²) in [5, 5.41) is 3.01. The van der Waals surface area contributed by atoms with Gasteiger partial charge in [-0.05, 0) is 62.4 Å². The predicted octanol–water partition coefficient (Wildman–Crippen LogP) is 3.73. The molecule has 7 heteroatoms. The predicted molar refractivity (Wildman–Crippen MR) is 122 cm³/mol. The summed E-state index contributed by atoms with van der Waals surface area (Å²) in [6.07, 6.45) is 0.972. The first-order valence-electron chi connectivity index (χ1n) is 10.6. The molecule has 0 bridgehead atoms. The highest BCUT2D eigenvalue weighted by molar-refractivity contribution is 7.89. The number of nitrogens with one attached hydrogen (secondary N) is 1. The second-order valence-electron chi connectivity index (χ2n) is 8.73. The summed E-state index contributed by atoms with van der Waals surface area (Å²) in [7, 11) is -1.98. The lowest BCUT2D eigenvalue weighted by Crippen LogP contribution is -2.48. The molecule has 0 aliphatic carbocycles. The van der Waals surface area contributed by atoms with Crippen molar-refractivity contribution in [3.8, 4) is 5.75 Å². The van der Waals surface area contributed by atoms with Crippen LogP contribution in [0.3, 0.4) is 0 Å². The molecule has 31 heavy (non-hydrogen) atoms. The van der Waals surface area contributed by atoms with Crippen LogP contribution in [0.5, 0.6) is 5.75 Å². The molecule has 1 heterocycles. The van der Waals surface area contributed by atoms with Gasteiger partial charge in [0.2, 0.25) is 15.9 Å². The van der Waals surface area contributed by atoms with Crippen molar-refractivity contribution < 1.29 is 17.9 Å². The number of methoxy groups -OCH3 is 1. The van der Waals surface area contributed by atoms with E-state index in [9.17, 15) is 13.2 Å². The van der Waals surface area contributed by atoms with Crippen LogP contribution in [-0.2, 0) is 21.4 Å². The lowest BCUT2D eigenvalue weighted by molar-refractivity contribution is -0.132. The molecule has 1 saturated heterocycles. The molecule has 3 rings (SSSR count). The number of amides is 1. The summed E-state index contributed by atoms with van der Waals surface area (Å²) in [5.74, 6) is 0.702. The third-order valence-electron chi connectivity index (χ3n) is 6.16. The lowest BCUT2D eigenvalue weighted by Gasteiger charge is -2.38. The normalized spacial score (nSPS) is 16.7. The van der Waals surface area contributed by atoms with Crippen LogP contribution in [0.2, 0.25) is 0 Å². The van der Waals surface area contributed by atoms with Gasteiger partial charge in [0.15, 0.2) is 0 Å². The van der Waals surface area contributed by atoms with E-state index >= 15 is 0 Å². The molecule has 0 radical (unpaired) electrons. The van der Waals surface area contributed by atoms with Crippen molar-refractivity contribution in [2.75, 3.05) is 20.2 Å². The fourth-order valence-electron chi connectivity index (χ4n) is 4.33. The number of sulfonamides is 1. The number of nitrogens with zero attached hydrogens (tertiary/aromatic N) is 1. The SMILES string of the molecule is COc1cccc(CNC(=O)C2(C)CCN(S(=O)(=O)c3c(C)cc(C)cc3C)CC2)c1. The highest BCUT2D eigenvalue weighted by Crippen LogP contribution is 2.35. The number of benzene rings is 2. The van der Waals surface area contributed by atoms with Gasteiger partial charge < -0.3 is 10.1 Å². The van der Waals surface area contributed by atoms with Gasteiger partial charge in [-0.3, -0.25) is 4.79 Å². The molecule has 1 N–H and O–H groups in total. The Balaban J connectivity index is 1.66. The Hall–Kier alpha value is -2.38. The molecule has 1 amide bonds. The molecular formula is C24H32N2O4S. The van der Waals surface area contributed by atoms with Crippen LogP contribution in [0.4, 0.5) is 0 Å². The minimum absolute atomic E-state index is 0.0462. The minimum atomic E-state index is -3.59. The Morgan fingerprint density at radius 3 is 2.29 bits per heavy atom. The molecule has 0 spiro atoms. The zero-order valence-electron chi connectivity index (χ0n) is 19.0. The van der Waals surface area contributed by atoms with Crippen molar-refractivity contribution in [3.63, 3.8) is 0 Å². The van der Waals surface area contributed by atoms with Gasteiger partial charge in [-0.1, -0.05) is 36.8 Å². The van der Waals surface area contributed by atoms with E-state index in [0.29, 0.717) is 37.4 Å². The highest BCUT2D eigenvalue weighted by Gasteiger charge is 2.40. The maximum atomic E-state index is 13.3. The summed E-state index contributed by atoms with van der Waals surface area (Å²) in [6, 6.07) is 11.4. The van der Waals surface area contributed by atoms with Gasteiger partial charge >= 0.3 is 0 Å². The van der Waals surface area contributed by atoms with E-state index in [1.54, 1.807) is 7.11 Å². The molecule has 1 fully saturated rings. The molecule has 0 unspecified atom stereocenters. The lowest BCUT2D eigenvalue weighted by atomic mass is 9.80. The largest absolute Gasteiger partial charge is 0.497 e. The van der Waals surface area contributed by atoms with Crippen molar-refractivity contribution >= 4 is 15.9 Å². The van der Waals surface area contributed by atoms with Gasteiger partial charge in [0, 0.05) is 25.0 Å². The summed E-state index contributed by atoms with van der Waals surface area (Å²) >= 11 is 0. The number of hydrogen-bond acceptors (Lipinski definition) is 4. The zero-order valence-corrected chi connectivity index (χ0v) is 19.8. The fraction of sp³-hybridized carbons (Fsp3) is 0.458. The Morgan fingerprint density at radius 1 is 1.10 bits per heavy atom. The van der Waals surface area contributed by atoms with Crippen LogP contribution >= 0.6 is 0 Å². The van der Waals surface area contributed by atoms with E-state index in [-0.39, 0.29) is 5.91 Å². The van der Waals surface area contributed by atoms with Crippen molar-refractivity contribution in [2.24, 2.45) is 5.41 Å². The van der Waals surface area contributed by atoms with E-state index in [4.69, 9.17) is 4.74 Å². The van der Waals surface area contributed by atoms with Crippen LogP contribution < -0.4 is 10.1 Å². The van der Waals surface area contributed by atoms with Gasteiger partial charge in [-0.15, -0.1) is 0 Å².